The van der Waals surface area contributed by atoms with Gasteiger partial charge in [0.05, 0.1) is 13.1 Å². The van der Waals surface area contributed by atoms with Crippen LogP contribution >= 0.6 is 0 Å². The van der Waals surface area contributed by atoms with Crippen molar-refractivity contribution >= 4 is 23.5 Å². The topological polar surface area (TPSA) is 111 Å². The monoisotopic (exact) mass is 738 g/mol. The van der Waals surface area contributed by atoms with Crippen molar-refractivity contribution in [3.05, 3.63) is 130 Å². The van der Waals surface area contributed by atoms with E-state index in [0.717, 1.165) is 33.4 Å². The fraction of sp³-hybridized carbons (Fsp3) is 0.435. The Labute approximate surface area is 324 Å². The minimum absolute atomic E-state index is 0.0722. The molecule has 0 bridgehead atoms. The molecule has 8 heteroatoms. The van der Waals surface area contributed by atoms with Crippen molar-refractivity contribution in [3.8, 4) is 0 Å². The highest BCUT2D eigenvalue weighted by molar-refractivity contribution is 6.02. The molecule has 2 N–H and O–H groups in total. The molecular weight excluding hydrogens is 677 g/mol. The van der Waals surface area contributed by atoms with Crippen LogP contribution in [0, 0.1) is 10.8 Å². The second-order valence-corrected chi connectivity index (χ2v) is 15.4. The first kappa shape index (κ1) is 45.5. The standard InChI is InChI=1S/C46H62N2O6/c1-31(19-15-21-33(3)23-25-37-35(5)43(51)39(27-45(37,7)8)53-41(49)29-47-11)17-13-14-18-32(2)20-16-22-34(4)24-26-38-36(6)44(52)40(28-46(38,9)10)54-42(50)30-48-12/h13-26,39-40,47-48H,27-30H2,1-12H3/b14-13+,19-15+,20-16+,25-23+,26-24+,31-17+,32-18+,33-21+,34-22+. The minimum Gasteiger partial charge on any atom is -0.453 e. The third kappa shape index (κ3) is 14.3. The molecule has 0 aliphatic heterocycles. The number of ether oxygens (including phenoxy) is 2. The van der Waals surface area contributed by atoms with Crippen molar-refractivity contribution in [2.24, 2.45) is 10.8 Å². The number of carbonyl (C=O) groups is 4. The Hall–Kier alpha value is -4.66. The third-order valence-electron chi connectivity index (χ3n) is 9.46. The van der Waals surface area contributed by atoms with Crippen molar-refractivity contribution in [2.75, 3.05) is 27.2 Å². The molecule has 8 nitrogen and oxygen atoms in total. The van der Waals surface area contributed by atoms with E-state index in [1.54, 1.807) is 14.1 Å². The average molecular weight is 739 g/mol. The fourth-order valence-corrected chi connectivity index (χ4v) is 6.45. The number of ketones is 2. The van der Waals surface area contributed by atoms with Crippen LogP contribution in [0.3, 0.4) is 0 Å². The summed E-state index contributed by atoms with van der Waals surface area (Å²) >= 11 is 0. The molecule has 54 heavy (non-hydrogen) atoms. The summed E-state index contributed by atoms with van der Waals surface area (Å²) in [5.41, 5.74) is 6.83. The van der Waals surface area contributed by atoms with E-state index in [4.69, 9.17) is 9.47 Å². The molecule has 292 valence electrons. The van der Waals surface area contributed by atoms with Crippen molar-refractivity contribution < 1.29 is 28.7 Å². The predicted molar refractivity (Wildman–Crippen MR) is 221 cm³/mol. The zero-order valence-corrected chi connectivity index (χ0v) is 34.5. The normalized spacial score (nSPS) is 21.9. The lowest BCUT2D eigenvalue weighted by atomic mass is 9.71. The Morgan fingerprint density at radius 3 is 1.24 bits per heavy atom. The van der Waals surface area contributed by atoms with Gasteiger partial charge in [0.2, 0.25) is 0 Å². The Balaban J connectivity index is 1.98. The quantitative estimate of drug-likeness (QED) is 0.120. The maximum atomic E-state index is 13.0. The molecule has 0 amide bonds. The van der Waals surface area contributed by atoms with Gasteiger partial charge in [-0.25, -0.2) is 0 Å². The van der Waals surface area contributed by atoms with Crippen LogP contribution in [0.4, 0.5) is 0 Å². The van der Waals surface area contributed by atoms with Gasteiger partial charge < -0.3 is 20.1 Å². The number of allylic oxidation sites excluding steroid dienone is 20. The van der Waals surface area contributed by atoms with Gasteiger partial charge in [0.1, 0.15) is 0 Å². The van der Waals surface area contributed by atoms with Crippen LogP contribution in [-0.4, -0.2) is 62.9 Å². The first-order valence-electron chi connectivity index (χ1n) is 18.6. The molecule has 0 fully saturated rings. The molecule has 2 aliphatic rings. The predicted octanol–water partition coefficient (Wildman–Crippen LogP) is 8.45. The van der Waals surface area contributed by atoms with Crippen LogP contribution < -0.4 is 10.6 Å². The van der Waals surface area contributed by atoms with Gasteiger partial charge in [-0.3, -0.25) is 19.2 Å². The molecule has 0 saturated heterocycles. The first-order valence-corrected chi connectivity index (χ1v) is 18.6. The molecule has 2 rings (SSSR count). The highest BCUT2D eigenvalue weighted by Gasteiger charge is 2.41. The molecule has 2 aliphatic carbocycles. The number of Topliss-reactive ketones (excluding diaryl/α,β-unsaturated/α-hetero) is 2. The van der Waals surface area contributed by atoms with E-state index < -0.39 is 24.1 Å². The molecule has 0 saturated carbocycles. The molecule has 2 unspecified atom stereocenters. The smallest absolute Gasteiger partial charge is 0.320 e. The second kappa shape index (κ2) is 21.3. The van der Waals surface area contributed by atoms with Crippen LogP contribution in [-0.2, 0) is 28.7 Å². The van der Waals surface area contributed by atoms with Crippen molar-refractivity contribution in [1.82, 2.24) is 10.6 Å². The van der Waals surface area contributed by atoms with Crippen LogP contribution in [0.5, 0.6) is 0 Å². The van der Waals surface area contributed by atoms with E-state index in [1.165, 1.54) is 0 Å². The second-order valence-electron chi connectivity index (χ2n) is 15.4. The summed E-state index contributed by atoms with van der Waals surface area (Å²) in [5.74, 6) is -1.13. The zero-order chi connectivity index (χ0) is 40.6. The van der Waals surface area contributed by atoms with Crippen molar-refractivity contribution in [1.29, 1.82) is 0 Å². The lowest BCUT2D eigenvalue weighted by Gasteiger charge is -2.36. The lowest BCUT2D eigenvalue weighted by Crippen LogP contribution is -2.40. The van der Waals surface area contributed by atoms with Crippen LogP contribution in [0.1, 0.15) is 82.1 Å². The Kier molecular flexibility index (Phi) is 17.9. The lowest BCUT2D eigenvalue weighted by molar-refractivity contribution is -0.155. The third-order valence-corrected chi connectivity index (χ3v) is 9.46. The van der Waals surface area contributed by atoms with E-state index in [9.17, 15) is 19.2 Å². The van der Waals surface area contributed by atoms with Crippen LogP contribution in [0.15, 0.2) is 130 Å². The van der Waals surface area contributed by atoms with Crippen molar-refractivity contribution in [3.63, 3.8) is 0 Å². The van der Waals surface area contributed by atoms with E-state index in [2.05, 4.69) is 38.3 Å². The summed E-state index contributed by atoms with van der Waals surface area (Å²) in [5, 5.41) is 5.52. The van der Waals surface area contributed by atoms with Gasteiger partial charge in [0.15, 0.2) is 23.8 Å². The van der Waals surface area contributed by atoms with Crippen LogP contribution in [0.2, 0.25) is 0 Å². The van der Waals surface area contributed by atoms with Crippen molar-refractivity contribution in [2.45, 2.75) is 94.3 Å². The molecule has 0 radical (unpaired) electrons. The van der Waals surface area contributed by atoms with Gasteiger partial charge in [-0.05, 0) is 88.8 Å². The Morgan fingerprint density at radius 2 is 0.907 bits per heavy atom. The highest BCUT2D eigenvalue weighted by Crippen LogP contribution is 2.42. The number of nitrogens with one attached hydrogen (secondary N) is 2. The maximum Gasteiger partial charge on any atom is 0.320 e. The summed E-state index contributed by atoms with van der Waals surface area (Å²) in [6.07, 6.45) is 27.7. The molecular formula is C46H62N2O6. The van der Waals surface area contributed by atoms with E-state index in [-0.39, 0.29) is 35.5 Å². The fourth-order valence-electron chi connectivity index (χ4n) is 6.45. The van der Waals surface area contributed by atoms with Crippen LogP contribution in [0.25, 0.3) is 0 Å². The highest BCUT2D eigenvalue weighted by atomic mass is 16.6. The average Bonchev–Trinajstić information content (AvgIpc) is 3.07. The molecule has 0 aromatic rings. The van der Waals surface area contributed by atoms with E-state index >= 15 is 0 Å². The van der Waals surface area contributed by atoms with Gasteiger partial charge in [-0.1, -0.05) is 135 Å². The van der Waals surface area contributed by atoms with Gasteiger partial charge in [0.25, 0.3) is 0 Å². The largest absolute Gasteiger partial charge is 0.453 e. The Bertz CT molecular complexity index is 1640. The SMILES string of the molecule is CNCC(=O)OC1CC(C)(C)C(/C=C/C(C)=C/C=C/C(C)=C/C=C/C=C(C)/C=C/C=C(C)/C=C/C2=C(C)C(=O)C(OC(=O)CNC)CC2(C)C)=C(C)C1=O. The van der Waals surface area contributed by atoms with Gasteiger partial charge >= 0.3 is 11.9 Å². The molecule has 0 aromatic carbocycles. The summed E-state index contributed by atoms with van der Waals surface area (Å²) in [6.45, 7) is 20.2. The number of rotatable bonds is 16. The molecule has 0 aromatic heterocycles. The molecule has 0 heterocycles. The zero-order valence-electron chi connectivity index (χ0n) is 34.5. The summed E-state index contributed by atoms with van der Waals surface area (Å²) in [6, 6.07) is 0. The summed E-state index contributed by atoms with van der Waals surface area (Å²) < 4.78 is 10.9. The summed E-state index contributed by atoms with van der Waals surface area (Å²) in [4.78, 5) is 49.8. The molecule has 0 spiro atoms. The Morgan fingerprint density at radius 1 is 0.593 bits per heavy atom. The molecule has 2 atom stereocenters. The number of carbonyl (C=O) groups excluding carboxylic acids is 4. The number of hydrogen-bond donors (Lipinski definition) is 2. The number of hydrogen-bond acceptors (Lipinski definition) is 8. The minimum atomic E-state index is -0.754. The summed E-state index contributed by atoms with van der Waals surface area (Å²) in [7, 11) is 3.33. The van der Waals surface area contributed by atoms with E-state index in [0.29, 0.717) is 24.0 Å². The maximum absolute atomic E-state index is 13.0. The number of likely N-dealkylation sites (N-methyl/N-ethyl adjacent to an activating group) is 2. The van der Waals surface area contributed by atoms with Gasteiger partial charge in [-0.2, -0.15) is 0 Å². The number of esters is 2. The van der Waals surface area contributed by atoms with Gasteiger partial charge in [0, 0.05) is 12.8 Å². The van der Waals surface area contributed by atoms with Gasteiger partial charge in [-0.15, -0.1) is 0 Å². The first-order chi connectivity index (χ1) is 25.3. The van der Waals surface area contributed by atoms with E-state index in [1.807, 2.05) is 127 Å².